The molecule has 4 heteroatoms. The molecule has 3 heterocycles. The monoisotopic (exact) mass is 273 g/mol. The predicted molar refractivity (Wildman–Crippen MR) is 78.1 cm³/mol. The normalized spacial score (nSPS) is 19.9. The molecule has 1 unspecified atom stereocenters. The number of likely N-dealkylation sites (tertiary alicyclic amines) is 1. The van der Waals surface area contributed by atoms with Crippen molar-refractivity contribution >= 4 is 11.3 Å². The van der Waals surface area contributed by atoms with Crippen molar-refractivity contribution in [2.24, 2.45) is 0 Å². The zero-order valence-electron chi connectivity index (χ0n) is 11.0. The fourth-order valence-corrected chi connectivity index (χ4v) is 3.46. The van der Waals surface area contributed by atoms with Crippen LogP contribution in [0.2, 0.25) is 0 Å². The zero-order chi connectivity index (χ0) is 12.9. The van der Waals surface area contributed by atoms with E-state index in [2.05, 4.69) is 32.4 Å². The van der Waals surface area contributed by atoms with E-state index >= 15 is 0 Å². The first-order valence-corrected chi connectivity index (χ1v) is 7.81. The van der Waals surface area contributed by atoms with Gasteiger partial charge in [-0.15, -0.1) is 11.3 Å². The summed E-state index contributed by atoms with van der Waals surface area (Å²) in [7, 11) is 0. The topological polar surface area (TPSA) is 29.0 Å². The van der Waals surface area contributed by atoms with Gasteiger partial charge in [-0.2, -0.15) is 0 Å². The number of hydrogen-bond donors (Lipinski definition) is 0. The SMILES string of the molecule is c1cc(CCC2CCCN2Cc2nccs2)ccn1. The van der Waals surface area contributed by atoms with E-state index in [1.54, 1.807) is 11.3 Å². The number of aryl methyl sites for hydroxylation is 1. The van der Waals surface area contributed by atoms with E-state index in [4.69, 9.17) is 0 Å². The van der Waals surface area contributed by atoms with Gasteiger partial charge in [-0.1, -0.05) is 0 Å². The van der Waals surface area contributed by atoms with Gasteiger partial charge in [-0.3, -0.25) is 9.88 Å². The molecule has 1 saturated heterocycles. The molecule has 19 heavy (non-hydrogen) atoms. The number of nitrogens with zero attached hydrogens (tertiary/aromatic N) is 3. The molecule has 0 aliphatic carbocycles. The van der Waals surface area contributed by atoms with Crippen LogP contribution < -0.4 is 0 Å². The molecule has 0 spiro atoms. The summed E-state index contributed by atoms with van der Waals surface area (Å²) < 4.78 is 0. The van der Waals surface area contributed by atoms with Crippen molar-refractivity contribution in [3.8, 4) is 0 Å². The van der Waals surface area contributed by atoms with E-state index < -0.39 is 0 Å². The minimum Gasteiger partial charge on any atom is -0.294 e. The van der Waals surface area contributed by atoms with E-state index in [0.29, 0.717) is 0 Å². The lowest BCUT2D eigenvalue weighted by atomic mass is 10.0. The molecule has 2 aromatic rings. The summed E-state index contributed by atoms with van der Waals surface area (Å²) in [6, 6.07) is 4.97. The molecular weight excluding hydrogens is 254 g/mol. The van der Waals surface area contributed by atoms with Crippen LogP contribution >= 0.6 is 11.3 Å². The molecule has 2 aromatic heterocycles. The van der Waals surface area contributed by atoms with Crippen LogP contribution in [0.1, 0.15) is 29.8 Å². The first-order valence-electron chi connectivity index (χ1n) is 6.93. The maximum Gasteiger partial charge on any atom is 0.107 e. The van der Waals surface area contributed by atoms with Gasteiger partial charge in [-0.05, 0) is 49.9 Å². The van der Waals surface area contributed by atoms with Crippen LogP contribution in [0.25, 0.3) is 0 Å². The summed E-state index contributed by atoms with van der Waals surface area (Å²) in [6.45, 7) is 2.25. The predicted octanol–water partition coefficient (Wildman–Crippen LogP) is 3.14. The quantitative estimate of drug-likeness (QED) is 0.838. The van der Waals surface area contributed by atoms with Crippen molar-refractivity contribution in [2.75, 3.05) is 6.54 Å². The zero-order valence-corrected chi connectivity index (χ0v) is 11.9. The number of hydrogen-bond acceptors (Lipinski definition) is 4. The number of rotatable bonds is 5. The highest BCUT2D eigenvalue weighted by Crippen LogP contribution is 2.24. The molecule has 1 fully saturated rings. The van der Waals surface area contributed by atoms with Crippen LogP contribution in [0, 0.1) is 0 Å². The van der Waals surface area contributed by atoms with Crippen molar-refractivity contribution in [3.63, 3.8) is 0 Å². The smallest absolute Gasteiger partial charge is 0.107 e. The van der Waals surface area contributed by atoms with Gasteiger partial charge in [-0.25, -0.2) is 4.98 Å². The molecule has 1 atom stereocenters. The van der Waals surface area contributed by atoms with Crippen molar-refractivity contribution in [2.45, 2.75) is 38.3 Å². The van der Waals surface area contributed by atoms with E-state index in [1.165, 1.54) is 36.4 Å². The standard InChI is InChI=1S/C15H19N3S/c1-2-14(4-3-13-5-7-16-8-6-13)18(10-1)12-15-17-9-11-19-15/h5-9,11,14H,1-4,10,12H2. The van der Waals surface area contributed by atoms with Crippen LogP contribution in [-0.4, -0.2) is 27.5 Å². The van der Waals surface area contributed by atoms with Crippen LogP contribution in [0.3, 0.4) is 0 Å². The van der Waals surface area contributed by atoms with Gasteiger partial charge in [0.15, 0.2) is 0 Å². The first-order chi connectivity index (χ1) is 9.42. The molecule has 100 valence electrons. The largest absolute Gasteiger partial charge is 0.294 e. The highest BCUT2D eigenvalue weighted by atomic mass is 32.1. The Bertz CT molecular complexity index is 483. The molecule has 0 amide bonds. The first kappa shape index (κ1) is 12.8. The third kappa shape index (κ3) is 3.39. The van der Waals surface area contributed by atoms with Crippen LogP contribution in [0.5, 0.6) is 0 Å². The Hall–Kier alpha value is -1.26. The average Bonchev–Trinajstić information content (AvgIpc) is 3.10. The van der Waals surface area contributed by atoms with Crippen LogP contribution in [-0.2, 0) is 13.0 Å². The van der Waals surface area contributed by atoms with Crippen molar-refractivity contribution in [3.05, 3.63) is 46.7 Å². The second-order valence-electron chi connectivity index (χ2n) is 5.09. The lowest BCUT2D eigenvalue weighted by Crippen LogP contribution is -2.29. The fraction of sp³-hybridized carbons (Fsp3) is 0.467. The Kier molecular flexibility index (Phi) is 4.20. The summed E-state index contributed by atoms with van der Waals surface area (Å²) in [5.41, 5.74) is 1.40. The van der Waals surface area contributed by atoms with E-state index in [1.807, 2.05) is 18.6 Å². The number of thiazole rings is 1. The third-order valence-electron chi connectivity index (χ3n) is 3.84. The Labute approximate surface area is 118 Å². The summed E-state index contributed by atoms with van der Waals surface area (Å²) in [4.78, 5) is 11.1. The Morgan fingerprint density at radius 3 is 2.95 bits per heavy atom. The van der Waals surface area contributed by atoms with Gasteiger partial charge in [0.1, 0.15) is 5.01 Å². The van der Waals surface area contributed by atoms with Crippen molar-refractivity contribution in [1.82, 2.24) is 14.9 Å². The molecule has 0 aromatic carbocycles. The lowest BCUT2D eigenvalue weighted by molar-refractivity contribution is 0.234. The average molecular weight is 273 g/mol. The minimum absolute atomic E-state index is 0.720. The summed E-state index contributed by atoms with van der Waals surface area (Å²) in [5, 5.41) is 3.31. The van der Waals surface area contributed by atoms with Gasteiger partial charge in [0.05, 0.1) is 6.54 Å². The fourth-order valence-electron chi connectivity index (χ4n) is 2.82. The Morgan fingerprint density at radius 1 is 1.26 bits per heavy atom. The maximum absolute atomic E-state index is 4.40. The highest BCUT2D eigenvalue weighted by Gasteiger charge is 2.24. The van der Waals surface area contributed by atoms with Crippen LogP contribution in [0.4, 0.5) is 0 Å². The molecule has 1 aliphatic rings. The van der Waals surface area contributed by atoms with E-state index in [0.717, 1.165) is 19.0 Å². The Balaban J connectivity index is 1.55. The molecular formula is C15H19N3S. The summed E-state index contributed by atoms with van der Waals surface area (Å²) >= 11 is 1.77. The second kappa shape index (κ2) is 6.26. The van der Waals surface area contributed by atoms with Crippen molar-refractivity contribution < 1.29 is 0 Å². The lowest BCUT2D eigenvalue weighted by Gasteiger charge is -2.23. The number of pyridine rings is 1. The molecule has 1 aliphatic heterocycles. The molecule has 0 N–H and O–H groups in total. The van der Waals surface area contributed by atoms with E-state index in [-0.39, 0.29) is 0 Å². The van der Waals surface area contributed by atoms with Gasteiger partial charge in [0.2, 0.25) is 0 Å². The molecule has 3 rings (SSSR count). The minimum atomic E-state index is 0.720. The molecule has 0 radical (unpaired) electrons. The highest BCUT2D eigenvalue weighted by molar-refractivity contribution is 7.09. The second-order valence-corrected chi connectivity index (χ2v) is 6.07. The number of aromatic nitrogens is 2. The molecule has 3 nitrogen and oxygen atoms in total. The van der Waals surface area contributed by atoms with Crippen LogP contribution in [0.15, 0.2) is 36.1 Å². The Morgan fingerprint density at radius 2 is 2.16 bits per heavy atom. The molecule has 0 saturated carbocycles. The van der Waals surface area contributed by atoms with Gasteiger partial charge < -0.3 is 0 Å². The van der Waals surface area contributed by atoms with E-state index in [9.17, 15) is 0 Å². The molecule has 0 bridgehead atoms. The van der Waals surface area contributed by atoms with Crippen molar-refractivity contribution in [1.29, 1.82) is 0 Å². The summed E-state index contributed by atoms with van der Waals surface area (Å²) in [6.07, 6.45) is 10.7. The summed E-state index contributed by atoms with van der Waals surface area (Å²) in [5.74, 6) is 0. The van der Waals surface area contributed by atoms with Gasteiger partial charge in [0, 0.05) is 30.0 Å². The maximum atomic E-state index is 4.40. The third-order valence-corrected chi connectivity index (χ3v) is 4.60. The van der Waals surface area contributed by atoms with Gasteiger partial charge >= 0.3 is 0 Å². The van der Waals surface area contributed by atoms with Gasteiger partial charge in [0.25, 0.3) is 0 Å².